The molecule has 6 rings (SSSR count). The molecular formula is C22H16N6O2. The van der Waals surface area contributed by atoms with E-state index in [1.54, 1.807) is 29.1 Å². The topological polar surface area (TPSA) is 98.2 Å². The number of aromatic nitrogens is 5. The Morgan fingerprint density at radius 1 is 1.13 bits per heavy atom. The van der Waals surface area contributed by atoms with Crippen molar-refractivity contribution < 1.29 is 9.32 Å². The number of nitrogens with zero attached hydrogens (tertiary/aromatic N) is 5. The first-order valence-electron chi connectivity index (χ1n) is 9.73. The zero-order valence-corrected chi connectivity index (χ0v) is 15.8. The number of carbonyl (C=O) groups is 1. The first-order chi connectivity index (χ1) is 14.8. The lowest BCUT2D eigenvalue weighted by molar-refractivity contribution is 0.102. The Morgan fingerprint density at radius 2 is 2.00 bits per heavy atom. The van der Waals surface area contributed by atoms with E-state index in [2.05, 4.69) is 25.7 Å². The lowest BCUT2D eigenvalue weighted by Gasteiger charge is -2.09. The molecule has 1 amide bonds. The van der Waals surface area contributed by atoms with Gasteiger partial charge >= 0.3 is 0 Å². The van der Waals surface area contributed by atoms with Gasteiger partial charge in [-0.15, -0.1) is 10.2 Å². The highest BCUT2D eigenvalue weighted by Gasteiger charge is 2.32. The number of anilines is 1. The van der Waals surface area contributed by atoms with E-state index in [-0.39, 0.29) is 5.91 Å². The number of benzene rings is 1. The third kappa shape index (κ3) is 2.81. The summed E-state index contributed by atoms with van der Waals surface area (Å²) < 4.78 is 7.29. The Labute approximate surface area is 170 Å². The maximum atomic E-state index is 13.3. The van der Waals surface area contributed by atoms with Crippen LogP contribution in [-0.2, 0) is 0 Å². The van der Waals surface area contributed by atoms with Gasteiger partial charge in [0.1, 0.15) is 6.33 Å². The summed E-state index contributed by atoms with van der Waals surface area (Å²) in [5.74, 6) is 0.0904. The minimum atomic E-state index is -0.239. The molecule has 0 aliphatic heterocycles. The Kier molecular flexibility index (Phi) is 3.64. The van der Waals surface area contributed by atoms with E-state index in [9.17, 15) is 4.79 Å². The van der Waals surface area contributed by atoms with Gasteiger partial charge < -0.3 is 9.84 Å². The summed E-state index contributed by atoms with van der Waals surface area (Å²) in [6.07, 6.45) is 5.47. The molecule has 0 radical (unpaired) electrons. The molecule has 8 heteroatoms. The zero-order valence-electron chi connectivity index (χ0n) is 15.8. The molecule has 8 nitrogen and oxygen atoms in total. The Bertz CT molecular complexity index is 1400. The van der Waals surface area contributed by atoms with Crippen molar-refractivity contribution in [1.82, 2.24) is 24.7 Å². The molecule has 1 fully saturated rings. The molecule has 0 bridgehead atoms. The van der Waals surface area contributed by atoms with Crippen molar-refractivity contribution in [3.8, 4) is 11.3 Å². The van der Waals surface area contributed by atoms with Gasteiger partial charge in [-0.2, -0.15) is 0 Å². The van der Waals surface area contributed by atoms with Crippen LogP contribution in [0.2, 0.25) is 0 Å². The van der Waals surface area contributed by atoms with E-state index in [0.717, 1.165) is 24.1 Å². The average Bonchev–Trinajstić information content (AvgIpc) is 3.36. The van der Waals surface area contributed by atoms with Crippen molar-refractivity contribution >= 4 is 28.3 Å². The van der Waals surface area contributed by atoms with E-state index in [1.165, 1.54) is 0 Å². The summed E-state index contributed by atoms with van der Waals surface area (Å²) >= 11 is 0. The summed E-state index contributed by atoms with van der Waals surface area (Å²) in [5, 5.41) is 15.8. The van der Waals surface area contributed by atoms with E-state index < -0.39 is 0 Å². The fourth-order valence-corrected chi connectivity index (χ4v) is 3.64. The third-order valence-corrected chi connectivity index (χ3v) is 5.30. The number of hydrogen-bond donors (Lipinski definition) is 1. The second kappa shape index (κ2) is 6.48. The molecule has 0 spiro atoms. The molecule has 1 aliphatic rings. The average molecular weight is 396 g/mol. The van der Waals surface area contributed by atoms with Gasteiger partial charge in [0, 0.05) is 17.7 Å². The van der Waals surface area contributed by atoms with Crippen molar-refractivity contribution in [1.29, 1.82) is 0 Å². The summed E-state index contributed by atoms with van der Waals surface area (Å²) in [4.78, 5) is 18.0. The van der Waals surface area contributed by atoms with Crippen LogP contribution in [0, 0.1) is 0 Å². The van der Waals surface area contributed by atoms with Crippen LogP contribution in [0.4, 0.5) is 5.69 Å². The lowest BCUT2D eigenvalue weighted by atomic mass is 10.0. The Morgan fingerprint density at radius 3 is 2.83 bits per heavy atom. The Balaban J connectivity index is 1.47. The zero-order chi connectivity index (χ0) is 20.1. The molecule has 1 aliphatic carbocycles. The third-order valence-electron chi connectivity index (χ3n) is 5.30. The first-order valence-corrected chi connectivity index (χ1v) is 9.73. The monoisotopic (exact) mass is 396 g/mol. The minimum Gasteiger partial charge on any atom is -0.335 e. The molecule has 0 unspecified atom stereocenters. The van der Waals surface area contributed by atoms with Crippen molar-refractivity contribution in [2.24, 2.45) is 0 Å². The fraction of sp³-hybridized carbons (Fsp3) is 0.136. The first kappa shape index (κ1) is 16.8. The molecule has 146 valence electrons. The standard InChI is InChI=1S/C22H16N6O2/c29-21(24-15-8-9-18-26-23-12-28(18)11-15)16-10-17(13-4-2-1-3-5-13)25-22-19(16)20(27-30-22)14-6-7-14/h1-5,8-12,14H,6-7H2,(H,24,29). The highest BCUT2D eigenvalue weighted by Crippen LogP contribution is 2.43. The van der Waals surface area contributed by atoms with Crippen LogP contribution in [0.15, 0.2) is 65.6 Å². The smallest absolute Gasteiger partial charge is 0.259 e. The quantitative estimate of drug-likeness (QED) is 0.492. The number of amides is 1. The number of hydrogen-bond acceptors (Lipinski definition) is 6. The normalized spacial score (nSPS) is 13.7. The van der Waals surface area contributed by atoms with Crippen LogP contribution >= 0.6 is 0 Å². The second-order valence-electron chi connectivity index (χ2n) is 7.41. The second-order valence-corrected chi connectivity index (χ2v) is 7.41. The molecule has 4 aromatic heterocycles. The number of nitrogens with one attached hydrogen (secondary N) is 1. The van der Waals surface area contributed by atoms with Gasteiger partial charge in [0.2, 0.25) is 0 Å². The molecule has 1 aromatic carbocycles. The van der Waals surface area contributed by atoms with Gasteiger partial charge in [-0.1, -0.05) is 35.5 Å². The predicted octanol–water partition coefficient (Wildman–Crippen LogP) is 4.06. The van der Waals surface area contributed by atoms with Gasteiger partial charge in [-0.05, 0) is 31.0 Å². The minimum absolute atomic E-state index is 0.239. The number of carbonyl (C=O) groups excluding carboxylic acids is 1. The van der Waals surface area contributed by atoms with Crippen LogP contribution < -0.4 is 5.32 Å². The number of rotatable bonds is 4. The van der Waals surface area contributed by atoms with E-state index >= 15 is 0 Å². The predicted molar refractivity (Wildman–Crippen MR) is 110 cm³/mol. The van der Waals surface area contributed by atoms with Gasteiger partial charge in [0.05, 0.1) is 28.0 Å². The number of pyridine rings is 2. The maximum Gasteiger partial charge on any atom is 0.259 e. The molecule has 5 aromatic rings. The van der Waals surface area contributed by atoms with Crippen LogP contribution in [0.1, 0.15) is 34.8 Å². The molecule has 30 heavy (non-hydrogen) atoms. The SMILES string of the molecule is O=C(Nc1ccc2nncn2c1)c1cc(-c2ccccc2)nc2onc(C3CC3)c12. The molecule has 0 atom stereocenters. The van der Waals surface area contributed by atoms with E-state index in [0.29, 0.717) is 39.6 Å². The largest absolute Gasteiger partial charge is 0.335 e. The van der Waals surface area contributed by atoms with Crippen molar-refractivity contribution in [2.45, 2.75) is 18.8 Å². The van der Waals surface area contributed by atoms with Gasteiger partial charge in [-0.3, -0.25) is 9.20 Å². The summed E-state index contributed by atoms with van der Waals surface area (Å²) in [6.45, 7) is 0. The van der Waals surface area contributed by atoms with Crippen LogP contribution in [0.25, 0.3) is 28.0 Å². The van der Waals surface area contributed by atoms with Crippen LogP contribution in [0.3, 0.4) is 0 Å². The van der Waals surface area contributed by atoms with Gasteiger partial charge in [0.15, 0.2) is 5.65 Å². The molecule has 4 heterocycles. The Hall–Kier alpha value is -4.07. The van der Waals surface area contributed by atoms with Crippen LogP contribution in [-0.4, -0.2) is 30.6 Å². The summed E-state index contributed by atoms with van der Waals surface area (Å²) in [7, 11) is 0. The molecule has 1 N–H and O–H groups in total. The molecule has 1 saturated carbocycles. The van der Waals surface area contributed by atoms with Gasteiger partial charge in [0.25, 0.3) is 11.6 Å². The summed E-state index contributed by atoms with van der Waals surface area (Å²) in [5.41, 5.74) is 4.63. The molecule has 0 saturated heterocycles. The van der Waals surface area contributed by atoms with Gasteiger partial charge in [-0.25, -0.2) is 4.98 Å². The molecular weight excluding hydrogens is 380 g/mol. The maximum absolute atomic E-state index is 13.3. The lowest BCUT2D eigenvalue weighted by Crippen LogP contribution is -2.13. The van der Waals surface area contributed by atoms with Crippen molar-refractivity contribution in [3.63, 3.8) is 0 Å². The summed E-state index contributed by atoms with van der Waals surface area (Å²) in [6, 6.07) is 15.1. The van der Waals surface area contributed by atoms with E-state index in [1.807, 2.05) is 36.4 Å². The van der Waals surface area contributed by atoms with E-state index in [4.69, 9.17) is 4.52 Å². The fourth-order valence-electron chi connectivity index (χ4n) is 3.64. The van der Waals surface area contributed by atoms with Crippen molar-refractivity contribution in [3.05, 3.63) is 72.3 Å². The highest BCUT2D eigenvalue weighted by molar-refractivity contribution is 6.13. The highest BCUT2D eigenvalue weighted by atomic mass is 16.5. The van der Waals surface area contributed by atoms with Crippen molar-refractivity contribution in [2.75, 3.05) is 5.32 Å². The number of fused-ring (bicyclic) bond motifs is 2. The van der Waals surface area contributed by atoms with Crippen LogP contribution in [0.5, 0.6) is 0 Å².